The molecule has 0 bridgehead atoms. The van der Waals surface area contributed by atoms with Gasteiger partial charge in [-0.3, -0.25) is 5.10 Å². The summed E-state index contributed by atoms with van der Waals surface area (Å²) in [5.41, 5.74) is 6.74. The Morgan fingerprint density at radius 1 is 1.17 bits per heavy atom. The molecule has 4 heteroatoms. The molecule has 0 amide bonds. The van der Waals surface area contributed by atoms with Crippen molar-refractivity contribution < 1.29 is 0 Å². The molecule has 4 nitrogen and oxygen atoms in total. The number of aromatic amines is 1. The lowest BCUT2D eigenvalue weighted by molar-refractivity contribution is 0.450. The van der Waals surface area contributed by atoms with E-state index < -0.39 is 0 Å². The summed E-state index contributed by atoms with van der Waals surface area (Å²) >= 11 is 0. The first kappa shape index (κ1) is 12.8. The second-order valence-corrected chi connectivity index (χ2v) is 4.47. The molecule has 1 heterocycles. The maximum Gasteiger partial charge on any atom is 0.161 e. The second-order valence-electron chi connectivity index (χ2n) is 4.47. The van der Waals surface area contributed by atoms with Crippen LogP contribution in [0.15, 0.2) is 30.3 Å². The Bertz CT molecular complexity index is 486. The van der Waals surface area contributed by atoms with E-state index in [1.165, 1.54) is 5.56 Å². The van der Waals surface area contributed by atoms with E-state index in [2.05, 4.69) is 53.3 Å². The summed E-state index contributed by atoms with van der Waals surface area (Å²) in [7, 11) is 0. The molecule has 0 aliphatic heterocycles. The van der Waals surface area contributed by atoms with Crippen LogP contribution in [-0.2, 0) is 12.0 Å². The number of aromatic nitrogens is 3. The van der Waals surface area contributed by atoms with Gasteiger partial charge in [-0.05, 0) is 18.4 Å². The Kier molecular flexibility index (Phi) is 3.77. The third-order valence-electron chi connectivity index (χ3n) is 3.69. The zero-order valence-corrected chi connectivity index (χ0v) is 11.0. The summed E-state index contributed by atoms with van der Waals surface area (Å²) in [5, 5.41) is 7.27. The summed E-state index contributed by atoms with van der Waals surface area (Å²) in [5.74, 6) is 1.59. The highest BCUT2D eigenvalue weighted by atomic mass is 15.2. The summed E-state index contributed by atoms with van der Waals surface area (Å²) in [6, 6.07) is 10.4. The van der Waals surface area contributed by atoms with E-state index in [-0.39, 0.29) is 5.41 Å². The minimum atomic E-state index is -0.120. The number of rotatable bonds is 5. The average molecular weight is 244 g/mol. The number of nitrogens with two attached hydrogens (primary N) is 1. The van der Waals surface area contributed by atoms with E-state index >= 15 is 0 Å². The number of H-pyrrole nitrogens is 1. The number of nitrogens with one attached hydrogen (secondary N) is 1. The van der Waals surface area contributed by atoms with Gasteiger partial charge in [-0.25, -0.2) is 4.98 Å². The van der Waals surface area contributed by atoms with Crippen LogP contribution in [0.5, 0.6) is 0 Å². The molecule has 2 rings (SSSR count). The van der Waals surface area contributed by atoms with E-state index in [0.717, 1.165) is 24.5 Å². The van der Waals surface area contributed by atoms with E-state index in [0.29, 0.717) is 6.54 Å². The Morgan fingerprint density at radius 3 is 2.33 bits per heavy atom. The fourth-order valence-corrected chi connectivity index (χ4v) is 2.46. The molecule has 3 N–H and O–H groups in total. The Labute approximate surface area is 108 Å². The van der Waals surface area contributed by atoms with Gasteiger partial charge < -0.3 is 5.73 Å². The maximum absolute atomic E-state index is 5.59. The fourth-order valence-electron chi connectivity index (χ4n) is 2.46. The molecule has 0 unspecified atom stereocenters. The highest BCUT2D eigenvalue weighted by molar-refractivity contribution is 5.32. The lowest BCUT2D eigenvalue weighted by Crippen LogP contribution is -2.27. The molecule has 0 saturated carbocycles. The molecular formula is C14H20N4. The van der Waals surface area contributed by atoms with Gasteiger partial charge in [-0.15, -0.1) is 0 Å². The average Bonchev–Trinajstić information content (AvgIpc) is 2.91. The smallest absolute Gasteiger partial charge is 0.161 e. The van der Waals surface area contributed by atoms with E-state index in [1.807, 2.05) is 6.07 Å². The van der Waals surface area contributed by atoms with Gasteiger partial charge >= 0.3 is 0 Å². The lowest BCUT2D eigenvalue weighted by Gasteiger charge is -2.29. The molecule has 0 spiro atoms. The first-order valence-corrected chi connectivity index (χ1v) is 6.44. The SMILES string of the molecule is CCC(CC)(c1ccccc1)c1n[nH]c(CN)n1. The first-order chi connectivity index (χ1) is 8.76. The maximum atomic E-state index is 5.59. The Morgan fingerprint density at radius 2 is 1.83 bits per heavy atom. The van der Waals surface area contributed by atoms with E-state index in [1.54, 1.807) is 0 Å². The van der Waals surface area contributed by atoms with Crippen molar-refractivity contribution in [1.82, 2.24) is 15.2 Å². The van der Waals surface area contributed by atoms with E-state index in [4.69, 9.17) is 5.73 Å². The zero-order valence-electron chi connectivity index (χ0n) is 11.0. The number of hydrogen-bond donors (Lipinski definition) is 2. The van der Waals surface area contributed by atoms with E-state index in [9.17, 15) is 0 Å². The summed E-state index contributed by atoms with van der Waals surface area (Å²) in [6.45, 7) is 4.75. The quantitative estimate of drug-likeness (QED) is 0.848. The minimum absolute atomic E-state index is 0.120. The molecule has 0 fully saturated rings. The zero-order chi connectivity index (χ0) is 13.0. The Hall–Kier alpha value is -1.68. The second kappa shape index (κ2) is 5.31. The van der Waals surface area contributed by atoms with Crippen molar-refractivity contribution >= 4 is 0 Å². The molecular weight excluding hydrogens is 224 g/mol. The van der Waals surface area contributed by atoms with Crippen LogP contribution in [0, 0.1) is 0 Å². The topological polar surface area (TPSA) is 67.6 Å². The van der Waals surface area contributed by atoms with Crippen molar-refractivity contribution in [2.75, 3.05) is 0 Å². The molecule has 0 radical (unpaired) electrons. The largest absolute Gasteiger partial charge is 0.324 e. The molecule has 1 aromatic carbocycles. The van der Waals surface area contributed by atoms with Crippen LogP contribution in [0.3, 0.4) is 0 Å². The first-order valence-electron chi connectivity index (χ1n) is 6.44. The van der Waals surface area contributed by atoms with Crippen LogP contribution in [-0.4, -0.2) is 15.2 Å². The molecule has 96 valence electrons. The van der Waals surface area contributed by atoms with Gasteiger partial charge in [0.2, 0.25) is 0 Å². The molecule has 18 heavy (non-hydrogen) atoms. The lowest BCUT2D eigenvalue weighted by atomic mass is 9.75. The van der Waals surface area contributed by atoms with Crippen LogP contribution < -0.4 is 5.73 Å². The molecule has 0 aliphatic rings. The molecule has 0 atom stereocenters. The normalized spacial score (nSPS) is 11.7. The van der Waals surface area contributed by atoms with Crippen molar-refractivity contribution in [3.63, 3.8) is 0 Å². The van der Waals surface area contributed by atoms with Gasteiger partial charge in [0, 0.05) is 0 Å². The van der Waals surface area contributed by atoms with Gasteiger partial charge in [-0.1, -0.05) is 44.2 Å². The monoisotopic (exact) mass is 244 g/mol. The third kappa shape index (κ3) is 2.04. The molecule has 0 aliphatic carbocycles. The van der Waals surface area contributed by atoms with Crippen molar-refractivity contribution in [1.29, 1.82) is 0 Å². The standard InChI is InChI=1S/C14H20N4/c1-3-14(4-2,11-8-6-5-7-9-11)13-16-12(10-15)17-18-13/h5-9H,3-4,10,15H2,1-2H3,(H,16,17,18). The van der Waals surface area contributed by atoms with Gasteiger partial charge in [-0.2, -0.15) is 5.10 Å². The summed E-state index contributed by atoms with van der Waals surface area (Å²) < 4.78 is 0. The van der Waals surface area contributed by atoms with Crippen LogP contribution in [0.25, 0.3) is 0 Å². The van der Waals surface area contributed by atoms with Crippen molar-refractivity contribution in [3.8, 4) is 0 Å². The summed E-state index contributed by atoms with van der Waals surface area (Å²) in [6.07, 6.45) is 1.94. The van der Waals surface area contributed by atoms with Crippen LogP contribution >= 0.6 is 0 Å². The number of hydrogen-bond acceptors (Lipinski definition) is 3. The van der Waals surface area contributed by atoms with Crippen molar-refractivity contribution in [3.05, 3.63) is 47.5 Å². The third-order valence-corrected chi connectivity index (χ3v) is 3.69. The van der Waals surface area contributed by atoms with Gasteiger partial charge in [0.05, 0.1) is 12.0 Å². The number of benzene rings is 1. The molecule has 1 aromatic heterocycles. The van der Waals surface area contributed by atoms with Crippen molar-refractivity contribution in [2.45, 2.75) is 38.6 Å². The highest BCUT2D eigenvalue weighted by Crippen LogP contribution is 2.36. The van der Waals surface area contributed by atoms with Crippen molar-refractivity contribution in [2.24, 2.45) is 5.73 Å². The predicted octanol–water partition coefficient (Wildman–Crippen LogP) is 2.37. The summed E-state index contributed by atoms with van der Waals surface area (Å²) in [4.78, 5) is 4.53. The van der Waals surface area contributed by atoms with Gasteiger partial charge in [0.1, 0.15) is 5.82 Å². The molecule has 0 saturated heterocycles. The van der Waals surface area contributed by atoms with Gasteiger partial charge in [0.15, 0.2) is 5.82 Å². The van der Waals surface area contributed by atoms with Gasteiger partial charge in [0.25, 0.3) is 0 Å². The predicted molar refractivity (Wildman–Crippen MR) is 72.1 cm³/mol. The molecule has 2 aromatic rings. The number of nitrogens with zero attached hydrogens (tertiary/aromatic N) is 2. The van der Waals surface area contributed by atoms with Crippen LogP contribution in [0.2, 0.25) is 0 Å². The van der Waals surface area contributed by atoms with Crippen LogP contribution in [0.4, 0.5) is 0 Å². The Balaban J connectivity index is 2.50. The van der Waals surface area contributed by atoms with Crippen LogP contribution in [0.1, 0.15) is 43.9 Å². The fraction of sp³-hybridized carbons (Fsp3) is 0.429. The minimum Gasteiger partial charge on any atom is -0.324 e. The highest BCUT2D eigenvalue weighted by Gasteiger charge is 2.34.